The summed E-state index contributed by atoms with van der Waals surface area (Å²) in [7, 11) is 0. The first-order valence-corrected chi connectivity index (χ1v) is 7.48. The normalized spacial score (nSPS) is 15.8. The van der Waals surface area contributed by atoms with Gasteiger partial charge < -0.3 is 20.4 Å². The monoisotopic (exact) mass is 319 g/mol. The van der Waals surface area contributed by atoms with Gasteiger partial charge in [0.25, 0.3) is 0 Å². The van der Waals surface area contributed by atoms with Gasteiger partial charge in [0, 0.05) is 56.3 Å². The number of aliphatic hydroxyl groups is 1. The van der Waals surface area contributed by atoms with Crippen LogP contribution in [0.1, 0.15) is 0 Å². The second kappa shape index (κ2) is 8.30. The Morgan fingerprint density at radius 1 is 1.09 bits per heavy atom. The zero-order valence-electron chi connectivity index (χ0n) is 12.8. The van der Waals surface area contributed by atoms with E-state index in [0.717, 1.165) is 44.0 Å². The number of carboxylic acid groups (broad SMARTS) is 1. The zero-order chi connectivity index (χ0) is 16.7. The maximum atomic E-state index is 11.5. The average Bonchev–Trinajstić information content (AvgIpc) is 2.55. The fourth-order valence-electron chi connectivity index (χ4n) is 2.46. The lowest BCUT2D eigenvalue weighted by Gasteiger charge is -2.35. The van der Waals surface area contributed by atoms with Crippen molar-refractivity contribution in [2.24, 2.45) is 0 Å². The summed E-state index contributed by atoms with van der Waals surface area (Å²) in [5.74, 6) is -1.63. The van der Waals surface area contributed by atoms with Gasteiger partial charge in [-0.15, -0.1) is 0 Å². The second-order valence-corrected chi connectivity index (χ2v) is 5.26. The molecule has 3 N–H and O–H groups in total. The molecule has 0 bridgehead atoms. The average molecular weight is 319 g/mol. The van der Waals surface area contributed by atoms with Gasteiger partial charge in [0.2, 0.25) is 5.91 Å². The number of aliphatic carboxylic acids is 1. The highest BCUT2D eigenvalue weighted by Gasteiger charge is 2.16. The van der Waals surface area contributed by atoms with Gasteiger partial charge in [0.15, 0.2) is 0 Å². The third-order valence-electron chi connectivity index (χ3n) is 3.67. The fourth-order valence-corrected chi connectivity index (χ4v) is 2.46. The van der Waals surface area contributed by atoms with Crippen LogP contribution in [0.5, 0.6) is 0 Å². The predicted molar refractivity (Wildman–Crippen MR) is 87.6 cm³/mol. The van der Waals surface area contributed by atoms with Gasteiger partial charge in [-0.3, -0.25) is 9.69 Å². The van der Waals surface area contributed by atoms with Crippen LogP contribution < -0.4 is 10.2 Å². The molecular formula is C16H21N3O4. The number of anilines is 2. The standard InChI is InChI=1S/C16H21N3O4/c20-12-11-18-7-9-19(10-8-18)14-3-1-13(2-4-14)17-15(21)5-6-16(22)23/h1-6,20H,7-12H2,(H,17,21)(H,22,23). The van der Waals surface area contributed by atoms with Gasteiger partial charge in [-0.25, -0.2) is 4.79 Å². The van der Waals surface area contributed by atoms with Crippen molar-refractivity contribution in [2.75, 3.05) is 49.5 Å². The van der Waals surface area contributed by atoms with Crippen molar-refractivity contribution >= 4 is 23.3 Å². The molecule has 1 aliphatic heterocycles. The Kier molecular flexibility index (Phi) is 6.13. The van der Waals surface area contributed by atoms with Crippen molar-refractivity contribution < 1.29 is 19.8 Å². The number of benzene rings is 1. The summed E-state index contributed by atoms with van der Waals surface area (Å²) in [4.78, 5) is 26.3. The van der Waals surface area contributed by atoms with E-state index in [2.05, 4.69) is 15.1 Å². The van der Waals surface area contributed by atoms with Gasteiger partial charge in [-0.05, 0) is 24.3 Å². The van der Waals surface area contributed by atoms with Crippen LogP contribution in [0.3, 0.4) is 0 Å². The molecule has 124 valence electrons. The molecule has 0 aliphatic carbocycles. The maximum absolute atomic E-state index is 11.5. The predicted octanol–water partition coefficient (Wildman–Crippen LogP) is 0.380. The summed E-state index contributed by atoms with van der Waals surface area (Å²) in [6, 6.07) is 7.44. The van der Waals surface area contributed by atoms with E-state index in [1.807, 2.05) is 12.1 Å². The van der Waals surface area contributed by atoms with Crippen molar-refractivity contribution in [3.63, 3.8) is 0 Å². The van der Waals surface area contributed by atoms with Crippen molar-refractivity contribution in [1.29, 1.82) is 0 Å². The van der Waals surface area contributed by atoms with Crippen LogP contribution in [0.4, 0.5) is 11.4 Å². The van der Waals surface area contributed by atoms with Crippen LogP contribution in [0, 0.1) is 0 Å². The SMILES string of the molecule is O=C(O)C=CC(=O)Nc1ccc(N2CCN(CCO)CC2)cc1. The molecule has 7 nitrogen and oxygen atoms in total. The molecule has 0 saturated carbocycles. The van der Waals surface area contributed by atoms with Gasteiger partial charge >= 0.3 is 5.97 Å². The summed E-state index contributed by atoms with van der Waals surface area (Å²) in [5.41, 5.74) is 1.69. The van der Waals surface area contributed by atoms with Gasteiger partial charge in [-0.1, -0.05) is 0 Å². The molecule has 1 saturated heterocycles. The molecule has 1 amide bonds. The lowest BCUT2D eigenvalue weighted by molar-refractivity contribution is -0.131. The largest absolute Gasteiger partial charge is 0.478 e. The highest BCUT2D eigenvalue weighted by atomic mass is 16.4. The Hall–Kier alpha value is -2.38. The second-order valence-electron chi connectivity index (χ2n) is 5.26. The van der Waals surface area contributed by atoms with Gasteiger partial charge in [0.05, 0.1) is 6.61 Å². The van der Waals surface area contributed by atoms with Crippen LogP contribution in [0.15, 0.2) is 36.4 Å². The van der Waals surface area contributed by atoms with E-state index < -0.39 is 11.9 Å². The summed E-state index contributed by atoms with van der Waals surface area (Å²) >= 11 is 0. The Morgan fingerprint density at radius 3 is 2.30 bits per heavy atom. The molecular weight excluding hydrogens is 298 g/mol. The number of nitrogens with zero attached hydrogens (tertiary/aromatic N) is 2. The number of carbonyl (C=O) groups is 2. The molecule has 1 aromatic carbocycles. The van der Waals surface area contributed by atoms with E-state index in [1.54, 1.807) is 12.1 Å². The lowest BCUT2D eigenvalue weighted by Crippen LogP contribution is -2.47. The molecule has 1 aliphatic rings. The number of rotatable bonds is 6. The fraction of sp³-hybridized carbons (Fsp3) is 0.375. The molecule has 2 rings (SSSR count). The first-order chi connectivity index (χ1) is 11.1. The number of nitrogens with one attached hydrogen (secondary N) is 1. The molecule has 0 radical (unpaired) electrons. The Morgan fingerprint density at radius 2 is 1.74 bits per heavy atom. The van der Waals surface area contributed by atoms with Crippen LogP contribution >= 0.6 is 0 Å². The molecule has 7 heteroatoms. The van der Waals surface area contributed by atoms with Crippen molar-refractivity contribution in [3.8, 4) is 0 Å². The lowest BCUT2D eigenvalue weighted by atomic mass is 10.2. The number of amides is 1. The Bertz CT molecular complexity index is 563. The highest BCUT2D eigenvalue weighted by Crippen LogP contribution is 2.19. The molecule has 1 aromatic rings. The first kappa shape index (κ1) is 17.0. The minimum atomic E-state index is -1.16. The molecule has 0 atom stereocenters. The Labute approximate surface area is 134 Å². The van der Waals surface area contributed by atoms with Crippen molar-refractivity contribution in [2.45, 2.75) is 0 Å². The summed E-state index contributed by atoms with van der Waals surface area (Å²) < 4.78 is 0. The molecule has 23 heavy (non-hydrogen) atoms. The third kappa shape index (κ3) is 5.39. The Balaban J connectivity index is 1.87. The summed E-state index contributed by atoms with van der Waals surface area (Å²) in [5, 5.41) is 20.0. The highest BCUT2D eigenvalue weighted by molar-refractivity contribution is 6.02. The summed E-state index contributed by atoms with van der Waals surface area (Å²) in [6.07, 6.45) is 1.78. The minimum Gasteiger partial charge on any atom is -0.478 e. The van der Waals surface area contributed by atoms with E-state index in [-0.39, 0.29) is 6.61 Å². The molecule has 0 unspecified atom stereocenters. The number of carboxylic acids is 1. The zero-order valence-corrected chi connectivity index (χ0v) is 12.8. The number of hydrogen-bond acceptors (Lipinski definition) is 5. The summed E-state index contributed by atoms with van der Waals surface area (Å²) in [6.45, 7) is 4.52. The third-order valence-corrected chi connectivity index (χ3v) is 3.67. The molecule has 0 aromatic heterocycles. The smallest absolute Gasteiger partial charge is 0.328 e. The van der Waals surface area contributed by atoms with E-state index in [1.165, 1.54) is 0 Å². The quantitative estimate of drug-likeness (QED) is 0.657. The molecule has 0 spiro atoms. The van der Waals surface area contributed by atoms with Crippen LogP contribution in [0.25, 0.3) is 0 Å². The maximum Gasteiger partial charge on any atom is 0.328 e. The number of carbonyl (C=O) groups excluding carboxylic acids is 1. The number of hydrogen-bond donors (Lipinski definition) is 3. The van der Waals surface area contributed by atoms with Crippen molar-refractivity contribution in [3.05, 3.63) is 36.4 Å². The van der Waals surface area contributed by atoms with E-state index in [4.69, 9.17) is 10.2 Å². The first-order valence-electron chi connectivity index (χ1n) is 7.48. The molecule has 1 fully saturated rings. The van der Waals surface area contributed by atoms with E-state index in [9.17, 15) is 9.59 Å². The topological polar surface area (TPSA) is 93.1 Å². The van der Waals surface area contributed by atoms with Crippen LogP contribution in [0.2, 0.25) is 0 Å². The number of β-amino-alcohol motifs (C(OH)–C–C–N with tert-alkyl or cyclic N) is 1. The van der Waals surface area contributed by atoms with E-state index >= 15 is 0 Å². The van der Waals surface area contributed by atoms with E-state index in [0.29, 0.717) is 12.2 Å². The molecule has 1 heterocycles. The van der Waals surface area contributed by atoms with Crippen LogP contribution in [-0.2, 0) is 9.59 Å². The van der Waals surface area contributed by atoms with Crippen LogP contribution in [-0.4, -0.2) is 66.3 Å². The van der Waals surface area contributed by atoms with Gasteiger partial charge in [-0.2, -0.15) is 0 Å². The number of aliphatic hydroxyl groups excluding tert-OH is 1. The van der Waals surface area contributed by atoms with Gasteiger partial charge in [0.1, 0.15) is 0 Å². The number of piperazine rings is 1. The minimum absolute atomic E-state index is 0.185. The van der Waals surface area contributed by atoms with Crippen molar-refractivity contribution in [1.82, 2.24) is 4.90 Å².